The van der Waals surface area contributed by atoms with Crippen LogP contribution in [0, 0.1) is 6.92 Å². The molecule has 0 aliphatic heterocycles. The van der Waals surface area contributed by atoms with Gasteiger partial charge in [-0.2, -0.15) is 11.3 Å². The van der Waals surface area contributed by atoms with Gasteiger partial charge in [0, 0.05) is 17.6 Å². The van der Waals surface area contributed by atoms with Crippen molar-refractivity contribution in [3.63, 3.8) is 0 Å². The van der Waals surface area contributed by atoms with E-state index in [1.165, 1.54) is 0 Å². The van der Waals surface area contributed by atoms with Crippen LogP contribution in [0.3, 0.4) is 0 Å². The van der Waals surface area contributed by atoms with E-state index in [1.54, 1.807) is 11.3 Å². The van der Waals surface area contributed by atoms with E-state index in [2.05, 4.69) is 0 Å². The molecule has 2 nitrogen and oxygen atoms in total. The third-order valence-electron chi connectivity index (χ3n) is 1.59. The van der Waals surface area contributed by atoms with Gasteiger partial charge in [0.1, 0.15) is 6.61 Å². The van der Waals surface area contributed by atoms with E-state index >= 15 is 0 Å². The van der Waals surface area contributed by atoms with E-state index in [-0.39, 0.29) is 12.4 Å². The maximum Gasteiger partial charge on any atom is 0.189 e. The first kappa shape index (κ1) is 9.42. The molecule has 0 amide bonds. The highest BCUT2D eigenvalue weighted by atomic mass is 32.1. The molecular weight excluding hydrogens is 172 g/mol. The second kappa shape index (κ2) is 4.38. The van der Waals surface area contributed by atoms with Crippen molar-refractivity contribution in [3.8, 4) is 0 Å². The molecule has 66 valence electrons. The van der Waals surface area contributed by atoms with Gasteiger partial charge in [-0.1, -0.05) is 0 Å². The van der Waals surface area contributed by atoms with Crippen molar-refractivity contribution < 1.29 is 9.53 Å². The molecule has 0 unspecified atom stereocenters. The van der Waals surface area contributed by atoms with Gasteiger partial charge in [0.2, 0.25) is 0 Å². The number of thiophene rings is 1. The zero-order chi connectivity index (χ0) is 8.97. The molecule has 0 saturated carbocycles. The summed E-state index contributed by atoms with van der Waals surface area (Å²) in [6.45, 7) is 4.62. The summed E-state index contributed by atoms with van der Waals surface area (Å²) >= 11 is 1.55. The number of rotatable bonds is 4. The number of carbonyl (C=O) groups is 1. The highest BCUT2D eigenvalue weighted by Gasteiger charge is 2.08. The summed E-state index contributed by atoms with van der Waals surface area (Å²) in [4.78, 5) is 11.4. The Labute approximate surface area is 76.2 Å². The van der Waals surface area contributed by atoms with Crippen molar-refractivity contribution in [2.45, 2.75) is 13.8 Å². The number of Topliss-reactive ketones (excluding diaryl/α,β-unsaturated/α-hetero) is 1. The average Bonchev–Trinajstić information content (AvgIpc) is 2.47. The van der Waals surface area contributed by atoms with E-state index in [1.807, 2.05) is 24.6 Å². The monoisotopic (exact) mass is 184 g/mol. The van der Waals surface area contributed by atoms with Gasteiger partial charge < -0.3 is 4.74 Å². The lowest BCUT2D eigenvalue weighted by Crippen LogP contribution is -2.08. The number of ether oxygens (including phenoxy) is 1. The number of aryl methyl sites for hydroxylation is 1. The average molecular weight is 184 g/mol. The minimum Gasteiger partial charge on any atom is -0.374 e. The van der Waals surface area contributed by atoms with Crippen LogP contribution in [0.5, 0.6) is 0 Å². The van der Waals surface area contributed by atoms with E-state index in [4.69, 9.17) is 4.74 Å². The van der Waals surface area contributed by atoms with Crippen LogP contribution in [0.4, 0.5) is 0 Å². The zero-order valence-corrected chi connectivity index (χ0v) is 8.11. The van der Waals surface area contributed by atoms with Crippen LogP contribution in [0.25, 0.3) is 0 Å². The molecule has 3 heteroatoms. The van der Waals surface area contributed by atoms with Gasteiger partial charge in [-0.3, -0.25) is 4.79 Å². The summed E-state index contributed by atoms with van der Waals surface area (Å²) in [5.74, 6) is 0.0793. The summed E-state index contributed by atoms with van der Waals surface area (Å²) in [6, 6.07) is 0. The smallest absolute Gasteiger partial charge is 0.189 e. The van der Waals surface area contributed by atoms with Gasteiger partial charge in [0.25, 0.3) is 0 Å². The van der Waals surface area contributed by atoms with Crippen LogP contribution in [0.2, 0.25) is 0 Å². The quantitative estimate of drug-likeness (QED) is 0.671. The fraction of sp³-hybridized carbons (Fsp3) is 0.444. The highest BCUT2D eigenvalue weighted by Crippen LogP contribution is 2.14. The van der Waals surface area contributed by atoms with Gasteiger partial charge >= 0.3 is 0 Å². The molecule has 0 radical (unpaired) electrons. The predicted octanol–water partition coefficient (Wildman–Crippen LogP) is 2.28. The molecule has 1 aromatic rings. The molecule has 0 aliphatic rings. The van der Waals surface area contributed by atoms with E-state index in [9.17, 15) is 4.79 Å². The fourth-order valence-electron chi connectivity index (χ4n) is 0.919. The van der Waals surface area contributed by atoms with Crippen molar-refractivity contribution in [1.82, 2.24) is 0 Å². The van der Waals surface area contributed by atoms with Crippen molar-refractivity contribution in [2.24, 2.45) is 0 Å². The molecule has 0 bridgehead atoms. The first-order chi connectivity index (χ1) is 5.75. The number of hydrogen-bond donors (Lipinski definition) is 0. The fourth-order valence-corrected chi connectivity index (χ4v) is 1.77. The first-order valence-corrected chi connectivity index (χ1v) is 4.83. The van der Waals surface area contributed by atoms with E-state index in [0.29, 0.717) is 6.61 Å². The summed E-state index contributed by atoms with van der Waals surface area (Å²) in [5, 5.41) is 3.84. The molecule has 0 aliphatic carbocycles. The van der Waals surface area contributed by atoms with Crippen LogP contribution in [-0.2, 0) is 4.74 Å². The van der Waals surface area contributed by atoms with Crippen molar-refractivity contribution in [3.05, 3.63) is 21.9 Å². The van der Waals surface area contributed by atoms with Gasteiger partial charge in [0.15, 0.2) is 5.78 Å². The highest BCUT2D eigenvalue weighted by molar-refractivity contribution is 7.08. The summed E-state index contributed by atoms with van der Waals surface area (Å²) < 4.78 is 5.03. The standard InChI is InChI=1S/C9H12O2S/c1-3-11-4-9(10)8-6-12-5-7(8)2/h5-6H,3-4H2,1-2H3. The molecule has 12 heavy (non-hydrogen) atoms. The molecule has 0 spiro atoms. The first-order valence-electron chi connectivity index (χ1n) is 3.89. The Kier molecular flexibility index (Phi) is 3.44. The minimum absolute atomic E-state index is 0.0793. The Balaban J connectivity index is 2.59. The van der Waals surface area contributed by atoms with Crippen LogP contribution in [-0.4, -0.2) is 19.0 Å². The molecular formula is C9H12O2S. The Hall–Kier alpha value is -0.670. The maximum absolute atomic E-state index is 11.4. The van der Waals surface area contributed by atoms with Crippen molar-refractivity contribution in [2.75, 3.05) is 13.2 Å². The SMILES string of the molecule is CCOCC(=O)c1cscc1C. The molecule has 0 N–H and O–H groups in total. The summed E-state index contributed by atoms with van der Waals surface area (Å²) in [7, 11) is 0. The van der Waals surface area contributed by atoms with Gasteiger partial charge in [-0.15, -0.1) is 0 Å². The Morgan fingerprint density at radius 1 is 1.58 bits per heavy atom. The lowest BCUT2D eigenvalue weighted by molar-refractivity contribution is 0.0783. The van der Waals surface area contributed by atoms with Crippen LogP contribution in [0.1, 0.15) is 22.8 Å². The normalized spacial score (nSPS) is 10.2. The molecule has 1 heterocycles. The Bertz CT molecular complexity index is 265. The Morgan fingerprint density at radius 3 is 2.83 bits per heavy atom. The van der Waals surface area contributed by atoms with Crippen molar-refractivity contribution >= 4 is 17.1 Å². The number of hydrogen-bond acceptors (Lipinski definition) is 3. The topological polar surface area (TPSA) is 26.3 Å². The largest absolute Gasteiger partial charge is 0.374 e. The van der Waals surface area contributed by atoms with Crippen LogP contribution < -0.4 is 0 Å². The Morgan fingerprint density at radius 2 is 2.33 bits per heavy atom. The molecule has 1 aromatic heterocycles. The molecule has 0 atom stereocenters. The van der Waals surface area contributed by atoms with Gasteiger partial charge in [0.05, 0.1) is 0 Å². The van der Waals surface area contributed by atoms with Crippen LogP contribution >= 0.6 is 11.3 Å². The summed E-state index contributed by atoms with van der Waals surface area (Å²) in [5.41, 5.74) is 1.85. The second-order valence-electron chi connectivity index (χ2n) is 2.53. The van der Waals surface area contributed by atoms with E-state index in [0.717, 1.165) is 11.1 Å². The van der Waals surface area contributed by atoms with Crippen LogP contribution in [0.15, 0.2) is 10.8 Å². The van der Waals surface area contributed by atoms with E-state index < -0.39 is 0 Å². The zero-order valence-electron chi connectivity index (χ0n) is 7.29. The lowest BCUT2D eigenvalue weighted by Gasteiger charge is -1.99. The summed E-state index contributed by atoms with van der Waals surface area (Å²) in [6.07, 6.45) is 0. The van der Waals surface area contributed by atoms with Gasteiger partial charge in [-0.25, -0.2) is 0 Å². The van der Waals surface area contributed by atoms with Gasteiger partial charge in [-0.05, 0) is 24.8 Å². The third kappa shape index (κ3) is 2.16. The molecule has 0 saturated heterocycles. The molecule has 1 rings (SSSR count). The minimum atomic E-state index is 0.0793. The lowest BCUT2D eigenvalue weighted by atomic mass is 10.1. The third-order valence-corrected chi connectivity index (χ3v) is 2.45. The number of carbonyl (C=O) groups excluding carboxylic acids is 1. The maximum atomic E-state index is 11.4. The van der Waals surface area contributed by atoms with Crippen molar-refractivity contribution in [1.29, 1.82) is 0 Å². The number of ketones is 1. The second-order valence-corrected chi connectivity index (χ2v) is 3.27. The molecule has 0 fully saturated rings. The molecule has 0 aromatic carbocycles. The predicted molar refractivity (Wildman–Crippen MR) is 49.9 cm³/mol.